The molecule has 0 atom stereocenters. The number of nitrogens with one attached hydrogen (secondary N) is 1. The molecule has 0 aliphatic carbocycles. The van der Waals surface area contributed by atoms with Gasteiger partial charge in [-0.15, -0.1) is 0 Å². The minimum Gasteiger partial charge on any atom is -0.319 e. The Morgan fingerprint density at radius 2 is 2.31 bits per heavy atom. The lowest BCUT2D eigenvalue weighted by Gasteiger charge is -1.95. The van der Waals surface area contributed by atoms with Crippen molar-refractivity contribution in [3.05, 3.63) is 38.9 Å². The highest BCUT2D eigenvalue weighted by molar-refractivity contribution is 6.32. The summed E-state index contributed by atoms with van der Waals surface area (Å²) in [6.07, 6.45) is 0.712. The number of hydrogen-bond acceptors (Lipinski definition) is 3. The van der Waals surface area contributed by atoms with Crippen LogP contribution in [-0.2, 0) is 0 Å². The highest BCUT2D eigenvalue weighted by atomic mass is 35.5. The zero-order valence-electron chi connectivity index (χ0n) is 8.79. The topological polar surface area (TPSA) is 55.2 Å². The maximum Gasteiger partial charge on any atom is 0.271 e. The summed E-state index contributed by atoms with van der Waals surface area (Å²) < 4.78 is 0. The summed E-state index contributed by atoms with van der Waals surface area (Å²) in [5.74, 6) is 5.79. The number of halogens is 1. The van der Waals surface area contributed by atoms with Crippen molar-refractivity contribution in [2.45, 2.75) is 6.42 Å². The molecule has 0 aliphatic heterocycles. The van der Waals surface area contributed by atoms with Crippen molar-refractivity contribution in [2.24, 2.45) is 0 Å². The first-order valence-corrected chi connectivity index (χ1v) is 5.10. The monoisotopic (exact) mass is 238 g/mol. The predicted molar refractivity (Wildman–Crippen MR) is 63.5 cm³/mol. The van der Waals surface area contributed by atoms with E-state index in [2.05, 4.69) is 17.2 Å². The Bertz CT molecular complexity index is 449. The van der Waals surface area contributed by atoms with Crippen LogP contribution in [0.25, 0.3) is 0 Å². The Hall–Kier alpha value is -1.57. The summed E-state index contributed by atoms with van der Waals surface area (Å²) in [5.41, 5.74) is 0.592. The Kier molecular flexibility index (Phi) is 4.77. The molecule has 1 N–H and O–H groups in total. The van der Waals surface area contributed by atoms with E-state index in [-0.39, 0.29) is 5.69 Å². The summed E-state index contributed by atoms with van der Waals surface area (Å²) >= 11 is 5.86. The van der Waals surface area contributed by atoms with Crippen LogP contribution >= 0.6 is 11.6 Å². The van der Waals surface area contributed by atoms with Gasteiger partial charge in [-0.3, -0.25) is 10.1 Å². The lowest BCUT2D eigenvalue weighted by atomic mass is 10.2. The lowest BCUT2D eigenvalue weighted by Crippen LogP contribution is -2.05. The van der Waals surface area contributed by atoms with Crippen molar-refractivity contribution in [3.8, 4) is 11.8 Å². The van der Waals surface area contributed by atoms with Gasteiger partial charge in [0, 0.05) is 30.7 Å². The molecule has 0 heterocycles. The number of nitro groups is 1. The predicted octanol–water partition coefficient (Wildman–Crippen LogP) is 2.21. The smallest absolute Gasteiger partial charge is 0.271 e. The van der Waals surface area contributed by atoms with Gasteiger partial charge in [-0.25, -0.2) is 0 Å². The minimum absolute atomic E-state index is 0.0224. The number of rotatable bonds is 3. The zero-order valence-corrected chi connectivity index (χ0v) is 9.54. The van der Waals surface area contributed by atoms with Crippen molar-refractivity contribution < 1.29 is 4.92 Å². The molecule has 0 radical (unpaired) electrons. The summed E-state index contributed by atoms with van der Waals surface area (Å²) in [6.45, 7) is 0.803. The van der Waals surface area contributed by atoms with Gasteiger partial charge in [-0.05, 0) is 13.1 Å². The molecule has 0 unspecified atom stereocenters. The molecule has 0 saturated heterocycles. The fraction of sp³-hybridized carbons (Fsp3) is 0.273. The molecule has 84 valence electrons. The van der Waals surface area contributed by atoms with Crippen LogP contribution in [0.3, 0.4) is 0 Å². The van der Waals surface area contributed by atoms with Gasteiger partial charge in [-0.1, -0.05) is 23.4 Å². The molecule has 0 saturated carbocycles. The number of nitrogens with zero attached hydrogens (tertiary/aromatic N) is 1. The minimum atomic E-state index is -0.482. The molecular weight excluding hydrogens is 228 g/mol. The summed E-state index contributed by atoms with van der Waals surface area (Å²) in [7, 11) is 1.85. The van der Waals surface area contributed by atoms with Crippen LogP contribution in [0.1, 0.15) is 12.0 Å². The van der Waals surface area contributed by atoms with Crippen LogP contribution in [0.2, 0.25) is 5.02 Å². The summed E-state index contributed by atoms with van der Waals surface area (Å²) in [6, 6.07) is 4.27. The molecule has 1 aromatic rings. The fourth-order valence-corrected chi connectivity index (χ4v) is 1.29. The van der Waals surface area contributed by atoms with Crippen LogP contribution in [-0.4, -0.2) is 18.5 Å². The largest absolute Gasteiger partial charge is 0.319 e. The van der Waals surface area contributed by atoms with E-state index < -0.39 is 4.92 Å². The van der Waals surface area contributed by atoms with E-state index >= 15 is 0 Å². The van der Waals surface area contributed by atoms with Gasteiger partial charge < -0.3 is 5.32 Å². The maximum absolute atomic E-state index is 10.5. The third kappa shape index (κ3) is 3.54. The molecule has 16 heavy (non-hydrogen) atoms. The highest BCUT2D eigenvalue weighted by Crippen LogP contribution is 2.21. The highest BCUT2D eigenvalue weighted by Gasteiger charge is 2.07. The summed E-state index contributed by atoms with van der Waals surface area (Å²) in [4.78, 5) is 9.98. The first kappa shape index (κ1) is 12.5. The van der Waals surface area contributed by atoms with Crippen LogP contribution in [0.5, 0.6) is 0 Å². The van der Waals surface area contributed by atoms with Gasteiger partial charge in [-0.2, -0.15) is 0 Å². The number of benzene rings is 1. The molecular formula is C11H11ClN2O2. The molecule has 4 nitrogen and oxygen atoms in total. The van der Waals surface area contributed by atoms with Gasteiger partial charge in [0.05, 0.1) is 9.95 Å². The van der Waals surface area contributed by atoms with E-state index in [1.165, 1.54) is 12.1 Å². The SMILES string of the molecule is CNCCC#Cc1ccc([N+](=O)[O-])cc1Cl. The van der Waals surface area contributed by atoms with Gasteiger partial charge in [0.25, 0.3) is 5.69 Å². The van der Waals surface area contributed by atoms with Crippen LogP contribution in [0.15, 0.2) is 18.2 Å². The zero-order chi connectivity index (χ0) is 12.0. The normalized spacial score (nSPS) is 9.38. The van der Waals surface area contributed by atoms with Crippen molar-refractivity contribution >= 4 is 17.3 Å². The van der Waals surface area contributed by atoms with E-state index in [0.29, 0.717) is 17.0 Å². The van der Waals surface area contributed by atoms with E-state index in [4.69, 9.17) is 11.6 Å². The second-order valence-corrected chi connectivity index (χ2v) is 3.48. The molecule has 1 aromatic carbocycles. The molecule has 0 amide bonds. The number of non-ortho nitro benzene ring substituents is 1. The Labute approximate surface area is 98.8 Å². The first-order valence-electron chi connectivity index (χ1n) is 4.72. The number of nitro benzene ring substituents is 1. The molecule has 5 heteroatoms. The molecule has 0 fully saturated rings. The molecule has 0 bridgehead atoms. The third-order valence-corrected chi connectivity index (χ3v) is 2.20. The third-order valence-electron chi connectivity index (χ3n) is 1.89. The molecule has 0 aliphatic rings. The van der Waals surface area contributed by atoms with Crippen molar-refractivity contribution in [2.75, 3.05) is 13.6 Å². The van der Waals surface area contributed by atoms with E-state index in [0.717, 1.165) is 6.54 Å². The van der Waals surface area contributed by atoms with Gasteiger partial charge in [0.2, 0.25) is 0 Å². The lowest BCUT2D eigenvalue weighted by molar-refractivity contribution is -0.384. The molecule has 1 rings (SSSR count). The van der Waals surface area contributed by atoms with Gasteiger partial charge >= 0.3 is 0 Å². The van der Waals surface area contributed by atoms with Crippen molar-refractivity contribution in [3.63, 3.8) is 0 Å². The van der Waals surface area contributed by atoms with Crippen LogP contribution in [0, 0.1) is 22.0 Å². The molecule has 0 aromatic heterocycles. The van der Waals surface area contributed by atoms with Gasteiger partial charge in [0.15, 0.2) is 0 Å². The van der Waals surface area contributed by atoms with Crippen molar-refractivity contribution in [1.82, 2.24) is 5.32 Å². The standard InChI is InChI=1S/C11H11ClN2O2/c1-13-7-3-2-4-9-5-6-10(14(15)16)8-11(9)12/h5-6,8,13H,3,7H2,1H3. The Morgan fingerprint density at radius 3 is 2.88 bits per heavy atom. The van der Waals surface area contributed by atoms with E-state index in [1.807, 2.05) is 7.05 Å². The van der Waals surface area contributed by atoms with Crippen LogP contribution < -0.4 is 5.32 Å². The maximum atomic E-state index is 10.5. The second kappa shape index (κ2) is 6.11. The first-order chi connectivity index (χ1) is 7.65. The van der Waals surface area contributed by atoms with Crippen LogP contribution in [0.4, 0.5) is 5.69 Å². The number of hydrogen-bond donors (Lipinski definition) is 1. The van der Waals surface area contributed by atoms with E-state index in [9.17, 15) is 10.1 Å². The quantitative estimate of drug-likeness (QED) is 0.380. The van der Waals surface area contributed by atoms with E-state index in [1.54, 1.807) is 6.07 Å². The Balaban J connectivity index is 2.81. The second-order valence-electron chi connectivity index (χ2n) is 3.08. The van der Waals surface area contributed by atoms with Crippen molar-refractivity contribution in [1.29, 1.82) is 0 Å². The average molecular weight is 239 g/mol. The summed E-state index contributed by atoms with van der Waals surface area (Å²) in [5, 5.41) is 13.7. The average Bonchev–Trinajstić information content (AvgIpc) is 2.26. The fourth-order valence-electron chi connectivity index (χ4n) is 1.06. The van der Waals surface area contributed by atoms with Gasteiger partial charge in [0.1, 0.15) is 0 Å². The molecule has 0 spiro atoms. The Morgan fingerprint density at radius 1 is 1.56 bits per heavy atom.